The van der Waals surface area contributed by atoms with E-state index >= 15 is 0 Å². The Hall–Kier alpha value is -1.99. The van der Waals surface area contributed by atoms with E-state index in [-0.39, 0.29) is 0 Å². The molecule has 7 nitrogen and oxygen atoms in total. The van der Waals surface area contributed by atoms with Crippen LogP contribution in [-0.4, -0.2) is 58.4 Å². The first-order chi connectivity index (χ1) is 11.1. The van der Waals surface area contributed by atoms with E-state index in [4.69, 9.17) is 9.26 Å². The van der Waals surface area contributed by atoms with Crippen LogP contribution in [0.5, 0.6) is 0 Å². The average molecular weight is 317 g/mol. The zero-order chi connectivity index (χ0) is 16.2. The lowest BCUT2D eigenvalue weighted by atomic mass is 10.1. The predicted octanol–water partition coefficient (Wildman–Crippen LogP) is 1.96. The summed E-state index contributed by atoms with van der Waals surface area (Å²) in [6.07, 6.45) is 1.76. The lowest BCUT2D eigenvalue weighted by Crippen LogP contribution is -2.50. The van der Waals surface area contributed by atoms with Crippen LogP contribution < -0.4 is 5.32 Å². The first kappa shape index (κ1) is 15.9. The van der Waals surface area contributed by atoms with Crippen molar-refractivity contribution in [2.24, 2.45) is 0 Å². The van der Waals surface area contributed by atoms with Crippen molar-refractivity contribution in [3.05, 3.63) is 24.2 Å². The van der Waals surface area contributed by atoms with Gasteiger partial charge in [-0.15, -0.1) is 0 Å². The van der Waals surface area contributed by atoms with E-state index in [0.29, 0.717) is 23.8 Å². The number of ether oxygens (including phenoxy) is 1. The van der Waals surface area contributed by atoms with Gasteiger partial charge in [0.05, 0.1) is 18.8 Å². The molecule has 0 bridgehead atoms. The fourth-order valence-electron chi connectivity index (χ4n) is 2.88. The van der Waals surface area contributed by atoms with Gasteiger partial charge in [0, 0.05) is 31.4 Å². The summed E-state index contributed by atoms with van der Waals surface area (Å²) >= 11 is 0. The average Bonchev–Trinajstić information content (AvgIpc) is 2.99. The van der Waals surface area contributed by atoms with Gasteiger partial charge in [0.2, 0.25) is 0 Å². The van der Waals surface area contributed by atoms with Crippen LogP contribution in [0.15, 0.2) is 22.9 Å². The second-order valence-corrected chi connectivity index (χ2v) is 5.94. The molecule has 0 radical (unpaired) electrons. The van der Waals surface area contributed by atoms with Gasteiger partial charge in [0.25, 0.3) is 5.89 Å². The van der Waals surface area contributed by atoms with Gasteiger partial charge >= 0.3 is 0 Å². The molecule has 1 N–H and O–H groups in total. The fourth-order valence-corrected chi connectivity index (χ4v) is 2.88. The molecule has 7 heteroatoms. The van der Waals surface area contributed by atoms with E-state index in [1.54, 1.807) is 13.1 Å². The lowest BCUT2D eigenvalue weighted by molar-refractivity contribution is -0.0159. The van der Waals surface area contributed by atoms with E-state index in [9.17, 15) is 0 Å². The Labute approximate surface area is 136 Å². The van der Waals surface area contributed by atoms with Crippen LogP contribution in [0.3, 0.4) is 0 Å². The lowest BCUT2D eigenvalue weighted by Gasteiger charge is -2.38. The minimum absolute atomic E-state index is 0.383. The molecule has 0 saturated carbocycles. The predicted molar refractivity (Wildman–Crippen MR) is 87.2 cm³/mol. The topological polar surface area (TPSA) is 76.3 Å². The molecule has 2 aromatic heterocycles. The molecule has 2 atom stereocenters. The van der Waals surface area contributed by atoms with Crippen molar-refractivity contribution in [3.63, 3.8) is 0 Å². The van der Waals surface area contributed by atoms with Crippen LogP contribution >= 0.6 is 0 Å². The van der Waals surface area contributed by atoms with Crippen LogP contribution in [0.25, 0.3) is 11.5 Å². The number of nitrogens with zero attached hydrogens (tertiary/aromatic N) is 4. The van der Waals surface area contributed by atoms with Gasteiger partial charge in [0.15, 0.2) is 5.82 Å². The number of pyridine rings is 1. The maximum atomic E-state index is 5.50. The van der Waals surface area contributed by atoms with E-state index in [0.717, 1.165) is 37.7 Å². The molecule has 1 aliphatic heterocycles. The second-order valence-electron chi connectivity index (χ2n) is 5.94. The normalized spacial score (nSPS) is 20.4. The largest absolute Gasteiger partial charge is 0.379 e. The Balaban J connectivity index is 1.68. The standard InChI is InChI=1S/C16H23N5O2/c1-11(21-7-8-22-10-12(21)2)9-18-15-14(5-4-6-17-15)16-19-13(3)20-23-16/h4-6,11-12H,7-10H2,1-3H3,(H,17,18). The molecule has 3 rings (SSSR count). The molecule has 23 heavy (non-hydrogen) atoms. The van der Waals surface area contributed by atoms with Crippen LogP contribution in [0.1, 0.15) is 19.7 Å². The molecular formula is C16H23N5O2. The van der Waals surface area contributed by atoms with Crippen molar-refractivity contribution in [3.8, 4) is 11.5 Å². The molecule has 0 spiro atoms. The van der Waals surface area contributed by atoms with Crippen molar-refractivity contribution in [2.75, 3.05) is 31.6 Å². The summed E-state index contributed by atoms with van der Waals surface area (Å²) in [5.74, 6) is 1.87. The number of aryl methyl sites for hydroxylation is 1. The van der Waals surface area contributed by atoms with Gasteiger partial charge in [-0.25, -0.2) is 4.98 Å². The third kappa shape index (κ3) is 3.68. The summed E-state index contributed by atoms with van der Waals surface area (Å²) in [6, 6.07) is 4.62. The Kier molecular flexibility index (Phi) is 4.88. The van der Waals surface area contributed by atoms with Crippen LogP contribution in [0.4, 0.5) is 5.82 Å². The van der Waals surface area contributed by atoms with Gasteiger partial charge in [-0.3, -0.25) is 4.90 Å². The van der Waals surface area contributed by atoms with Crippen molar-refractivity contribution in [1.82, 2.24) is 20.0 Å². The molecule has 0 amide bonds. The summed E-state index contributed by atoms with van der Waals surface area (Å²) in [7, 11) is 0. The maximum absolute atomic E-state index is 5.50. The minimum atomic E-state index is 0.383. The summed E-state index contributed by atoms with van der Waals surface area (Å²) in [4.78, 5) is 11.2. The van der Waals surface area contributed by atoms with Crippen molar-refractivity contribution >= 4 is 5.82 Å². The number of nitrogens with one attached hydrogen (secondary N) is 1. The van der Waals surface area contributed by atoms with Gasteiger partial charge < -0.3 is 14.6 Å². The fraction of sp³-hybridized carbons (Fsp3) is 0.562. The van der Waals surface area contributed by atoms with Crippen molar-refractivity contribution in [2.45, 2.75) is 32.9 Å². The highest BCUT2D eigenvalue weighted by atomic mass is 16.5. The zero-order valence-electron chi connectivity index (χ0n) is 13.8. The van der Waals surface area contributed by atoms with E-state index in [1.165, 1.54) is 0 Å². The highest BCUT2D eigenvalue weighted by Gasteiger charge is 2.24. The molecule has 1 saturated heterocycles. The van der Waals surface area contributed by atoms with Crippen molar-refractivity contribution in [1.29, 1.82) is 0 Å². The first-order valence-electron chi connectivity index (χ1n) is 7.98. The highest BCUT2D eigenvalue weighted by Crippen LogP contribution is 2.24. The number of anilines is 1. The van der Waals surface area contributed by atoms with E-state index < -0.39 is 0 Å². The third-order valence-corrected chi connectivity index (χ3v) is 4.12. The van der Waals surface area contributed by atoms with E-state index in [2.05, 4.69) is 39.2 Å². The Morgan fingerprint density at radius 2 is 2.35 bits per heavy atom. The molecule has 1 fully saturated rings. The van der Waals surface area contributed by atoms with E-state index in [1.807, 2.05) is 12.1 Å². The van der Waals surface area contributed by atoms with Gasteiger partial charge in [-0.05, 0) is 32.9 Å². The number of morpholine rings is 1. The molecule has 0 aromatic carbocycles. The minimum Gasteiger partial charge on any atom is -0.379 e. The molecule has 124 valence electrons. The number of hydrogen-bond donors (Lipinski definition) is 1. The Morgan fingerprint density at radius 1 is 1.48 bits per heavy atom. The SMILES string of the molecule is Cc1noc(-c2cccnc2NCC(C)N2CCOCC2C)n1. The monoisotopic (exact) mass is 317 g/mol. The summed E-state index contributed by atoms with van der Waals surface area (Å²) in [5, 5.41) is 7.27. The third-order valence-electron chi connectivity index (χ3n) is 4.12. The quantitative estimate of drug-likeness (QED) is 0.903. The number of aromatic nitrogens is 3. The molecule has 0 aliphatic carbocycles. The smallest absolute Gasteiger partial charge is 0.261 e. The zero-order valence-corrected chi connectivity index (χ0v) is 13.8. The Morgan fingerprint density at radius 3 is 3.09 bits per heavy atom. The molecule has 2 unspecified atom stereocenters. The first-order valence-corrected chi connectivity index (χ1v) is 7.98. The highest BCUT2D eigenvalue weighted by molar-refractivity contribution is 5.68. The maximum Gasteiger partial charge on any atom is 0.261 e. The molecule has 3 heterocycles. The summed E-state index contributed by atoms with van der Waals surface area (Å²) < 4.78 is 10.8. The van der Waals surface area contributed by atoms with Crippen LogP contribution in [0, 0.1) is 6.92 Å². The van der Waals surface area contributed by atoms with Gasteiger partial charge in [-0.1, -0.05) is 5.16 Å². The molecule has 1 aliphatic rings. The second kappa shape index (κ2) is 7.06. The molecular weight excluding hydrogens is 294 g/mol. The number of hydrogen-bond acceptors (Lipinski definition) is 7. The summed E-state index contributed by atoms with van der Waals surface area (Å²) in [6.45, 7) is 9.56. The van der Waals surface area contributed by atoms with Crippen LogP contribution in [-0.2, 0) is 4.74 Å². The van der Waals surface area contributed by atoms with Crippen molar-refractivity contribution < 1.29 is 9.26 Å². The van der Waals surface area contributed by atoms with Gasteiger partial charge in [-0.2, -0.15) is 4.98 Å². The number of rotatable bonds is 5. The molecule has 2 aromatic rings. The Bertz CT molecular complexity index is 645. The summed E-state index contributed by atoms with van der Waals surface area (Å²) in [5.41, 5.74) is 0.829. The van der Waals surface area contributed by atoms with Crippen LogP contribution in [0.2, 0.25) is 0 Å². The van der Waals surface area contributed by atoms with Gasteiger partial charge in [0.1, 0.15) is 5.82 Å².